The minimum atomic E-state index is -0.152. The first-order chi connectivity index (χ1) is 8.76. The first kappa shape index (κ1) is 14.7. The number of rotatable bonds is 8. The van der Waals surface area contributed by atoms with Crippen LogP contribution in [0.4, 0.5) is 0 Å². The van der Waals surface area contributed by atoms with Crippen molar-refractivity contribution in [1.29, 1.82) is 0 Å². The molecular weight excluding hydrogens is 230 g/mol. The fraction of sp³-hybridized carbons (Fsp3) is 0.500. The van der Waals surface area contributed by atoms with Gasteiger partial charge in [0, 0.05) is 20.2 Å². The highest BCUT2D eigenvalue weighted by molar-refractivity contribution is 5.69. The predicted molar refractivity (Wildman–Crippen MR) is 70.1 cm³/mol. The lowest BCUT2D eigenvalue weighted by Crippen LogP contribution is -2.19. The summed E-state index contributed by atoms with van der Waals surface area (Å²) in [5.41, 5.74) is 2.35. The molecule has 1 aromatic carbocycles. The van der Waals surface area contributed by atoms with Crippen LogP contribution in [0, 0.1) is 0 Å². The van der Waals surface area contributed by atoms with Crippen molar-refractivity contribution in [2.75, 3.05) is 20.3 Å². The molecule has 100 valence electrons. The van der Waals surface area contributed by atoms with Gasteiger partial charge in [0.2, 0.25) is 0 Å². The molecule has 0 heterocycles. The Labute approximate surface area is 108 Å². The molecule has 0 unspecified atom stereocenters. The highest BCUT2D eigenvalue weighted by atomic mass is 16.5. The summed E-state index contributed by atoms with van der Waals surface area (Å²) in [6.07, 6.45) is 0.412. The molecule has 1 N–H and O–H groups in total. The predicted octanol–water partition coefficient (Wildman–Crippen LogP) is 1.88. The van der Waals surface area contributed by atoms with Crippen molar-refractivity contribution in [3.05, 3.63) is 35.4 Å². The first-order valence-corrected chi connectivity index (χ1v) is 6.19. The van der Waals surface area contributed by atoms with Crippen LogP contribution < -0.4 is 5.32 Å². The molecule has 1 aromatic rings. The van der Waals surface area contributed by atoms with Gasteiger partial charge < -0.3 is 14.8 Å². The molecule has 0 aromatic heterocycles. The summed E-state index contributed by atoms with van der Waals surface area (Å²) in [5.74, 6) is -0.152. The molecule has 1 rings (SSSR count). The van der Waals surface area contributed by atoms with E-state index in [1.807, 2.05) is 19.1 Å². The van der Waals surface area contributed by atoms with E-state index >= 15 is 0 Å². The highest BCUT2D eigenvalue weighted by Crippen LogP contribution is 2.05. The Morgan fingerprint density at radius 2 is 1.89 bits per heavy atom. The van der Waals surface area contributed by atoms with Crippen molar-refractivity contribution in [2.45, 2.75) is 26.5 Å². The number of methoxy groups -OCH3 is 1. The van der Waals surface area contributed by atoms with Gasteiger partial charge in [-0.25, -0.2) is 0 Å². The van der Waals surface area contributed by atoms with Gasteiger partial charge in [0.15, 0.2) is 0 Å². The van der Waals surface area contributed by atoms with E-state index in [4.69, 9.17) is 9.47 Å². The Kier molecular flexibility index (Phi) is 7.06. The summed E-state index contributed by atoms with van der Waals surface area (Å²) >= 11 is 0. The van der Waals surface area contributed by atoms with Crippen LogP contribution in [0.3, 0.4) is 0 Å². The number of nitrogens with one attached hydrogen (secondary N) is 1. The van der Waals surface area contributed by atoms with Gasteiger partial charge in [0.25, 0.3) is 0 Å². The molecule has 0 saturated carbocycles. The van der Waals surface area contributed by atoms with E-state index < -0.39 is 0 Å². The van der Waals surface area contributed by atoms with E-state index in [9.17, 15) is 4.79 Å². The van der Waals surface area contributed by atoms with Crippen molar-refractivity contribution in [3.63, 3.8) is 0 Å². The number of benzene rings is 1. The topological polar surface area (TPSA) is 47.6 Å². The van der Waals surface area contributed by atoms with E-state index in [0.717, 1.165) is 12.1 Å². The number of ether oxygens (including phenoxy) is 2. The Balaban J connectivity index is 2.21. The third kappa shape index (κ3) is 5.80. The van der Waals surface area contributed by atoms with Crippen molar-refractivity contribution in [3.8, 4) is 0 Å². The van der Waals surface area contributed by atoms with E-state index in [1.165, 1.54) is 5.56 Å². The molecule has 0 aliphatic heterocycles. The average molecular weight is 251 g/mol. The molecule has 0 bridgehead atoms. The average Bonchev–Trinajstić information content (AvgIpc) is 2.37. The molecule has 0 aliphatic rings. The third-order valence-corrected chi connectivity index (χ3v) is 2.47. The summed E-state index contributed by atoms with van der Waals surface area (Å²) in [4.78, 5) is 11.1. The number of carbonyl (C=O) groups is 1. The zero-order valence-electron chi connectivity index (χ0n) is 11.1. The van der Waals surface area contributed by atoms with Crippen molar-refractivity contribution in [1.82, 2.24) is 5.32 Å². The molecule has 0 aliphatic carbocycles. The zero-order chi connectivity index (χ0) is 13.2. The van der Waals surface area contributed by atoms with Gasteiger partial charge in [-0.2, -0.15) is 0 Å². The highest BCUT2D eigenvalue weighted by Gasteiger charge is 2.00. The zero-order valence-corrected chi connectivity index (χ0v) is 11.1. The minimum Gasteiger partial charge on any atom is -0.466 e. The maximum Gasteiger partial charge on any atom is 0.307 e. The van der Waals surface area contributed by atoms with Crippen LogP contribution in [0.1, 0.15) is 24.5 Å². The maximum atomic E-state index is 11.1. The lowest BCUT2D eigenvalue weighted by atomic mass is 10.1. The normalized spacial score (nSPS) is 10.3. The van der Waals surface area contributed by atoms with Crippen LogP contribution in [-0.2, 0) is 27.4 Å². The van der Waals surface area contributed by atoms with Crippen LogP contribution in [0.5, 0.6) is 0 Å². The van der Waals surface area contributed by atoms with Crippen LogP contribution in [0.15, 0.2) is 24.3 Å². The van der Waals surface area contributed by atoms with Crippen molar-refractivity contribution < 1.29 is 14.3 Å². The fourth-order valence-corrected chi connectivity index (χ4v) is 1.58. The second kappa shape index (κ2) is 8.66. The molecule has 0 radical (unpaired) electrons. The number of hydrogen-bond donors (Lipinski definition) is 1. The van der Waals surface area contributed by atoms with Gasteiger partial charge in [-0.1, -0.05) is 24.3 Å². The maximum absolute atomic E-state index is 11.1. The fourth-order valence-electron chi connectivity index (χ4n) is 1.58. The summed E-state index contributed by atoms with van der Waals surface area (Å²) < 4.78 is 9.89. The largest absolute Gasteiger partial charge is 0.466 e. The first-order valence-electron chi connectivity index (χ1n) is 6.19. The van der Waals surface area contributed by atoms with Crippen LogP contribution >= 0.6 is 0 Å². The second-order valence-electron chi connectivity index (χ2n) is 3.98. The monoisotopic (exact) mass is 251 g/mol. The summed E-state index contributed by atoms with van der Waals surface area (Å²) in [6.45, 7) is 4.29. The Hall–Kier alpha value is -1.39. The van der Waals surface area contributed by atoms with Crippen molar-refractivity contribution >= 4 is 5.97 Å². The molecule has 0 amide bonds. The summed E-state index contributed by atoms with van der Waals surface area (Å²) in [5, 5.41) is 3.21. The van der Waals surface area contributed by atoms with Gasteiger partial charge in [-0.3, -0.25) is 4.79 Å². The van der Waals surface area contributed by atoms with Gasteiger partial charge >= 0.3 is 5.97 Å². The van der Waals surface area contributed by atoms with Gasteiger partial charge in [0.05, 0.1) is 19.6 Å². The Morgan fingerprint density at radius 1 is 1.22 bits per heavy atom. The molecular formula is C14H21NO3. The van der Waals surface area contributed by atoms with Crippen LogP contribution in [-0.4, -0.2) is 26.2 Å². The van der Waals surface area contributed by atoms with Gasteiger partial charge in [-0.05, 0) is 18.1 Å². The number of carbonyl (C=O) groups excluding carboxylic acids is 1. The minimum absolute atomic E-state index is 0.152. The Bertz CT molecular complexity index is 349. The standard InChI is InChI=1S/C14H21NO3/c1-3-18-14(16)8-9-15-10-12-4-6-13(7-5-12)11-17-2/h4-7,15H,3,8-11H2,1-2H3. The number of esters is 1. The van der Waals surface area contributed by atoms with E-state index in [0.29, 0.717) is 26.2 Å². The Morgan fingerprint density at radius 3 is 2.50 bits per heavy atom. The quantitative estimate of drug-likeness (QED) is 0.566. The lowest BCUT2D eigenvalue weighted by Gasteiger charge is -2.06. The molecule has 0 spiro atoms. The van der Waals surface area contributed by atoms with Crippen LogP contribution in [0.2, 0.25) is 0 Å². The SMILES string of the molecule is CCOC(=O)CCNCc1ccc(COC)cc1. The molecule has 0 fully saturated rings. The van der Waals surface area contributed by atoms with E-state index in [-0.39, 0.29) is 5.97 Å². The van der Waals surface area contributed by atoms with Crippen molar-refractivity contribution in [2.24, 2.45) is 0 Å². The third-order valence-electron chi connectivity index (χ3n) is 2.47. The molecule has 0 saturated heterocycles. The van der Waals surface area contributed by atoms with E-state index in [1.54, 1.807) is 7.11 Å². The number of hydrogen-bond acceptors (Lipinski definition) is 4. The second-order valence-corrected chi connectivity index (χ2v) is 3.98. The molecule has 0 atom stereocenters. The van der Waals surface area contributed by atoms with Gasteiger partial charge in [0.1, 0.15) is 0 Å². The van der Waals surface area contributed by atoms with Gasteiger partial charge in [-0.15, -0.1) is 0 Å². The summed E-state index contributed by atoms with van der Waals surface area (Å²) in [7, 11) is 1.69. The molecule has 4 nitrogen and oxygen atoms in total. The molecule has 4 heteroatoms. The van der Waals surface area contributed by atoms with Crippen LogP contribution in [0.25, 0.3) is 0 Å². The smallest absolute Gasteiger partial charge is 0.307 e. The van der Waals surface area contributed by atoms with E-state index in [2.05, 4.69) is 17.4 Å². The molecule has 18 heavy (non-hydrogen) atoms. The summed E-state index contributed by atoms with van der Waals surface area (Å²) in [6, 6.07) is 8.22. The lowest BCUT2D eigenvalue weighted by molar-refractivity contribution is -0.142.